The topological polar surface area (TPSA) is 29.9 Å². The molecule has 1 aromatic heterocycles. The molecule has 0 bridgehead atoms. The number of aryl methyl sites for hydroxylation is 2. The smallest absolute Gasteiger partial charge is 0.0767 e. The highest BCUT2D eigenvalue weighted by atomic mass is 79.9. The molecule has 16 heavy (non-hydrogen) atoms. The van der Waals surface area contributed by atoms with E-state index in [-0.39, 0.29) is 0 Å². The zero-order valence-corrected chi connectivity index (χ0v) is 11.9. The Balaban J connectivity index is 2.14. The Kier molecular flexibility index (Phi) is 3.40. The van der Waals surface area contributed by atoms with Gasteiger partial charge in [-0.05, 0) is 49.0 Å². The first-order chi connectivity index (χ1) is 7.59. The van der Waals surface area contributed by atoms with Crippen LogP contribution in [-0.2, 0) is 19.5 Å². The van der Waals surface area contributed by atoms with Crippen molar-refractivity contribution in [1.29, 1.82) is 0 Å². The maximum Gasteiger partial charge on any atom is 0.0767 e. The van der Waals surface area contributed by atoms with Crippen molar-refractivity contribution in [3.8, 4) is 0 Å². The van der Waals surface area contributed by atoms with Crippen molar-refractivity contribution in [2.24, 2.45) is 0 Å². The molecule has 0 atom stereocenters. The highest BCUT2D eigenvalue weighted by Gasteiger charge is 2.36. The number of aromatic nitrogens is 2. The second kappa shape index (κ2) is 4.49. The van der Waals surface area contributed by atoms with Crippen LogP contribution >= 0.6 is 15.9 Å². The molecule has 1 heterocycles. The summed E-state index contributed by atoms with van der Waals surface area (Å²) in [5, 5.41) is 8.21. The van der Waals surface area contributed by atoms with Crippen LogP contribution in [0.2, 0.25) is 0 Å². The molecule has 1 aromatic rings. The summed E-state index contributed by atoms with van der Waals surface area (Å²) in [6.07, 6.45) is 3.58. The van der Waals surface area contributed by atoms with Crippen LogP contribution in [0.15, 0.2) is 4.47 Å². The van der Waals surface area contributed by atoms with Crippen LogP contribution in [-0.4, -0.2) is 15.3 Å². The number of nitrogens with one attached hydrogen (secondary N) is 1. The van der Waals surface area contributed by atoms with E-state index in [0.717, 1.165) is 19.5 Å². The van der Waals surface area contributed by atoms with E-state index < -0.39 is 0 Å². The van der Waals surface area contributed by atoms with Gasteiger partial charge in [-0.3, -0.25) is 4.68 Å². The highest BCUT2D eigenvalue weighted by Crippen LogP contribution is 2.35. The molecule has 0 amide bonds. The van der Waals surface area contributed by atoms with Gasteiger partial charge in [-0.1, -0.05) is 6.92 Å². The van der Waals surface area contributed by atoms with E-state index in [1.54, 1.807) is 0 Å². The lowest BCUT2D eigenvalue weighted by Crippen LogP contribution is -2.28. The molecule has 4 heteroatoms. The number of rotatable bonds is 5. The fraction of sp³-hybridized carbons (Fsp3) is 0.750. The molecule has 0 aromatic carbocycles. The second-order valence-electron chi connectivity index (χ2n) is 4.79. The third kappa shape index (κ3) is 2.33. The van der Waals surface area contributed by atoms with Gasteiger partial charge in [0, 0.05) is 18.6 Å². The minimum absolute atomic E-state index is 0.384. The SMILES string of the molecule is CCc1nn(CC)c(CNC2(C)CC2)c1Br. The van der Waals surface area contributed by atoms with Crippen molar-refractivity contribution in [3.05, 3.63) is 15.9 Å². The lowest BCUT2D eigenvalue weighted by molar-refractivity contribution is 0.505. The molecule has 1 fully saturated rings. The molecule has 2 rings (SSSR count). The molecule has 3 nitrogen and oxygen atoms in total. The van der Waals surface area contributed by atoms with Crippen LogP contribution in [0.25, 0.3) is 0 Å². The van der Waals surface area contributed by atoms with Crippen molar-refractivity contribution < 1.29 is 0 Å². The van der Waals surface area contributed by atoms with E-state index in [1.165, 1.54) is 28.7 Å². The molecule has 0 unspecified atom stereocenters. The van der Waals surface area contributed by atoms with E-state index in [1.807, 2.05) is 0 Å². The van der Waals surface area contributed by atoms with E-state index >= 15 is 0 Å². The van der Waals surface area contributed by atoms with Gasteiger partial charge in [-0.2, -0.15) is 5.10 Å². The maximum absolute atomic E-state index is 4.60. The van der Waals surface area contributed by atoms with Crippen LogP contribution in [0.3, 0.4) is 0 Å². The van der Waals surface area contributed by atoms with Gasteiger partial charge in [-0.25, -0.2) is 0 Å². The largest absolute Gasteiger partial charge is 0.306 e. The summed E-state index contributed by atoms with van der Waals surface area (Å²) in [4.78, 5) is 0. The van der Waals surface area contributed by atoms with Gasteiger partial charge >= 0.3 is 0 Å². The van der Waals surface area contributed by atoms with Crippen LogP contribution in [0.1, 0.15) is 45.0 Å². The van der Waals surface area contributed by atoms with E-state index in [9.17, 15) is 0 Å². The molecule has 0 saturated heterocycles. The summed E-state index contributed by atoms with van der Waals surface area (Å²) in [5.74, 6) is 0. The Hall–Kier alpha value is -0.350. The molecular formula is C12H20BrN3. The Morgan fingerprint density at radius 1 is 1.44 bits per heavy atom. The predicted molar refractivity (Wildman–Crippen MR) is 69.5 cm³/mol. The van der Waals surface area contributed by atoms with Gasteiger partial charge in [-0.15, -0.1) is 0 Å². The van der Waals surface area contributed by atoms with Crippen molar-refractivity contribution in [2.75, 3.05) is 0 Å². The Labute approximate surface area is 106 Å². The number of hydrogen-bond donors (Lipinski definition) is 1. The zero-order chi connectivity index (χ0) is 11.8. The summed E-state index contributed by atoms with van der Waals surface area (Å²) < 4.78 is 3.29. The normalized spacial score (nSPS) is 17.8. The molecule has 1 N–H and O–H groups in total. The summed E-state index contributed by atoms with van der Waals surface area (Å²) in [6, 6.07) is 0. The fourth-order valence-corrected chi connectivity index (χ4v) is 2.55. The average molecular weight is 286 g/mol. The van der Waals surface area contributed by atoms with Crippen molar-refractivity contribution >= 4 is 15.9 Å². The first-order valence-electron chi connectivity index (χ1n) is 6.08. The van der Waals surface area contributed by atoms with Crippen LogP contribution in [0, 0.1) is 0 Å². The quantitative estimate of drug-likeness (QED) is 0.902. The van der Waals surface area contributed by atoms with E-state index in [4.69, 9.17) is 0 Å². The molecule has 0 radical (unpaired) electrons. The lowest BCUT2D eigenvalue weighted by atomic mass is 10.2. The van der Waals surface area contributed by atoms with E-state index in [0.29, 0.717) is 5.54 Å². The third-order valence-electron chi connectivity index (χ3n) is 3.38. The number of hydrogen-bond acceptors (Lipinski definition) is 2. The van der Waals surface area contributed by atoms with Gasteiger partial charge in [0.1, 0.15) is 0 Å². The van der Waals surface area contributed by atoms with Crippen molar-refractivity contribution in [1.82, 2.24) is 15.1 Å². The number of nitrogens with zero attached hydrogens (tertiary/aromatic N) is 2. The zero-order valence-electron chi connectivity index (χ0n) is 10.3. The first kappa shape index (κ1) is 12.1. The summed E-state index contributed by atoms with van der Waals surface area (Å²) >= 11 is 3.67. The first-order valence-corrected chi connectivity index (χ1v) is 6.88. The van der Waals surface area contributed by atoms with Crippen molar-refractivity contribution in [3.63, 3.8) is 0 Å². The molecule has 90 valence electrons. The lowest BCUT2D eigenvalue weighted by Gasteiger charge is -2.12. The van der Waals surface area contributed by atoms with Gasteiger partial charge in [0.25, 0.3) is 0 Å². The van der Waals surface area contributed by atoms with Crippen LogP contribution < -0.4 is 5.32 Å². The Bertz CT molecular complexity index is 380. The summed E-state index contributed by atoms with van der Waals surface area (Å²) in [6.45, 7) is 8.42. The van der Waals surface area contributed by atoms with Crippen LogP contribution in [0.4, 0.5) is 0 Å². The molecule has 0 aliphatic heterocycles. The Morgan fingerprint density at radius 2 is 2.12 bits per heavy atom. The summed E-state index contributed by atoms with van der Waals surface area (Å²) in [5.41, 5.74) is 2.83. The monoisotopic (exact) mass is 285 g/mol. The summed E-state index contributed by atoms with van der Waals surface area (Å²) in [7, 11) is 0. The fourth-order valence-electron chi connectivity index (χ4n) is 1.85. The standard InChI is InChI=1S/C12H20BrN3/c1-4-9-11(13)10(16(5-2)15-9)8-14-12(3)6-7-12/h14H,4-8H2,1-3H3. The second-order valence-corrected chi connectivity index (χ2v) is 5.58. The Morgan fingerprint density at radius 3 is 2.62 bits per heavy atom. The van der Waals surface area contributed by atoms with Gasteiger partial charge in [0.2, 0.25) is 0 Å². The predicted octanol–water partition coefficient (Wildman–Crippen LogP) is 2.87. The highest BCUT2D eigenvalue weighted by molar-refractivity contribution is 9.10. The van der Waals surface area contributed by atoms with Gasteiger partial charge in [0.15, 0.2) is 0 Å². The van der Waals surface area contributed by atoms with E-state index in [2.05, 4.69) is 51.8 Å². The molecule has 1 saturated carbocycles. The third-order valence-corrected chi connectivity index (χ3v) is 4.29. The van der Waals surface area contributed by atoms with Gasteiger partial charge < -0.3 is 5.32 Å². The van der Waals surface area contributed by atoms with Gasteiger partial charge in [0.05, 0.1) is 15.9 Å². The minimum atomic E-state index is 0.384. The molecular weight excluding hydrogens is 266 g/mol. The minimum Gasteiger partial charge on any atom is -0.306 e. The molecule has 1 aliphatic carbocycles. The maximum atomic E-state index is 4.60. The van der Waals surface area contributed by atoms with Crippen molar-refractivity contribution in [2.45, 2.75) is 58.7 Å². The van der Waals surface area contributed by atoms with Crippen LogP contribution in [0.5, 0.6) is 0 Å². The number of halogens is 1. The average Bonchev–Trinajstić information content (AvgIpc) is 2.92. The molecule has 0 spiro atoms. The molecule has 1 aliphatic rings.